The lowest BCUT2D eigenvalue weighted by Crippen LogP contribution is -2.35. The molecule has 0 amide bonds. The normalized spacial score (nSPS) is 24.8. The second kappa shape index (κ2) is 4.62. The van der Waals surface area contributed by atoms with Gasteiger partial charge in [0.25, 0.3) is 0 Å². The fourth-order valence-electron chi connectivity index (χ4n) is 1.81. The van der Waals surface area contributed by atoms with E-state index in [1.54, 1.807) is 6.26 Å². The van der Waals surface area contributed by atoms with Crippen molar-refractivity contribution in [3.05, 3.63) is 24.2 Å². The Labute approximate surface area is 84.4 Å². The first-order valence-corrected chi connectivity index (χ1v) is 5.26. The number of piperidine rings is 1. The van der Waals surface area contributed by atoms with Gasteiger partial charge in [0.05, 0.1) is 12.4 Å². The van der Waals surface area contributed by atoms with Crippen LogP contribution in [-0.4, -0.2) is 19.2 Å². The average molecular weight is 195 g/mol. The van der Waals surface area contributed by atoms with Crippen molar-refractivity contribution >= 4 is 0 Å². The van der Waals surface area contributed by atoms with E-state index in [0.717, 1.165) is 25.3 Å². The largest absolute Gasteiger partial charge is 0.467 e. The van der Waals surface area contributed by atoms with Crippen LogP contribution in [0.4, 0.5) is 0 Å². The van der Waals surface area contributed by atoms with Gasteiger partial charge in [0.1, 0.15) is 11.9 Å². The standard InChI is InChI=1S/C11H17NO2/c1-9(11-5-3-7-13-11)14-10-4-2-6-12-8-10/h3,5,7,9-10,12H,2,4,6,8H2,1H3/t9?,10-/m1/s1. The summed E-state index contributed by atoms with van der Waals surface area (Å²) in [7, 11) is 0. The summed E-state index contributed by atoms with van der Waals surface area (Å²) >= 11 is 0. The molecule has 3 heteroatoms. The zero-order valence-corrected chi connectivity index (χ0v) is 8.53. The lowest BCUT2D eigenvalue weighted by atomic mass is 10.1. The fourth-order valence-corrected chi connectivity index (χ4v) is 1.81. The maximum absolute atomic E-state index is 5.88. The monoisotopic (exact) mass is 195 g/mol. The van der Waals surface area contributed by atoms with Crippen LogP contribution in [0.5, 0.6) is 0 Å². The molecular formula is C11H17NO2. The SMILES string of the molecule is CC(O[C@@H]1CCCNC1)c1ccco1. The van der Waals surface area contributed by atoms with Crippen molar-refractivity contribution in [1.82, 2.24) is 5.32 Å². The van der Waals surface area contributed by atoms with E-state index in [2.05, 4.69) is 5.32 Å². The Morgan fingerprint density at radius 3 is 3.21 bits per heavy atom. The molecule has 0 spiro atoms. The molecule has 0 bridgehead atoms. The number of hydrogen-bond donors (Lipinski definition) is 1. The molecule has 14 heavy (non-hydrogen) atoms. The molecule has 1 fully saturated rings. The van der Waals surface area contributed by atoms with Crippen molar-refractivity contribution in [3.63, 3.8) is 0 Å². The summed E-state index contributed by atoms with van der Waals surface area (Å²) in [6, 6.07) is 3.86. The first-order chi connectivity index (χ1) is 6.86. The van der Waals surface area contributed by atoms with Gasteiger partial charge in [0, 0.05) is 6.54 Å². The van der Waals surface area contributed by atoms with Crippen LogP contribution in [0, 0.1) is 0 Å². The van der Waals surface area contributed by atoms with Crippen LogP contribution < -0.4 is 5.32 Å². The van der Waals surface area contributed by atoms with E-state index in [1.807, 2.05) is 19.1 Å². The molecule has 78 valence electrons. The Bertz CT molecular complexity index is 252. The second-order valence-corrected chi connectivity index (χ2v) is 3.76. The third kappa shape index (κ3) is 2.36. The predicted octanol–water partition coefficient (Wildman–Crippen LogP) is 2.11. The highest BCUT2D eigenvalue weighted by atomic mass is 16.5. The Morgan fingerprint density at radius 2 is 2.57 bits per heavy atom. The van der Waals surface area contributed by atoms with Crippen LogP contribution in [0.3, 0.4) is 0 Å². The molecule has 1 saturated heterocycles. The van der Waals surface area contributed by atoms with E-state index in [1.165, 1.54) is 6.42 Å². The van der Waals surface area contributed by atoms with E-state index in [0.29, 0.717) is 6.10 Å². The van der Waals surface area contributed by atoms with Crippen molar-refractivity contribution in [2.75, 3.05) is 13.1 Å². The highest BCUT2D eigenvalue weighted by Crippen LogP contribution is 2.20. The Balaban J connectivity index is 1.84. The average Bonchev–Trinajstić information content (AvgIpc) is 2.72. The van der Waals surface area contributed by atoms with Gasteiger partial charge >= 0.3 is 0 Å². The third-order valence-corrected chi connectivity index (χ3v) is 2.59. The Morgan fingerprint density at radius 1 is 1.64 bits per heavy atom. The molecule has 1 N–H and O–H groups in total. The molecule has 1 aliphatic rings. The molecule has 3 nitrogen and oxygen atoms in total. The Kier molecular flexibility index (Phi) is 3.22. The summed E-state index contributed by atoms with van der Waals surface area (Å²) in [5, 5.41) is 3.33. The summed E-state index contributed by atoms with van der Waals surface area (Å²) in [5.41, 5.74) is 0. The lowest BCUT2D eigenvalue weighted by Gasteiger charge is -2.25. The first-order valence-electron chi connectivity index (χ1n) is 5.26. The highest BCUT2D eigenvalue weighted by molar-refractivity contribution is 5.01. The van der Waals surface area contributed by atoms with Crippen molar-refractivity contribution in [2.24, 2.45) is 0 Å². The summed E-state index contributed by atoms with van der Waals surface area (Å²) in [6.07, 6.45) is 4.45. The molecular weight excluding hydrogens is 178 g/mol. The van der Waals surface area contributed by atoms with Gasteiger partial charge in [-0.15, -0.1) is 0 Å². The molecule has 1 aromatic rings. The van der Waals surface area contributed by atoms with Crippen LogP contribution in [0.2, 0.25) is 0 Å². The smallest absolute Gasteiger partial charge is 0.132 e. The predicted molar refractivity (Wildman–Crippen MR) is 54.1 cm³/mol. The van der Waals surface area contributed by atoms with Gasteiger partial charge < -0.3 is 14.5 Å². The topological polar surface area (TPSA) is 34.4 Å². The number of ether oxygens (including phenoxy) is 1. The van der Waals surface area contributed by atoms with E-state index < -0.39 is 0 Å². The zero-order chi connectivity index (χ0) is 9.80. The van der Waals surface area contributed by atoms with E-state index in [4.69, 9.17) is 9.15 Å². The van der Waals surface area contributed by atoms with Crippen LogP contribution in [0.1, 0.15) is 31.6 Å². The van der Waals surface area contributed by atoms with Crippen LogP contribution in [-0.2, 0) is 4.74 Å². The molecule has 2 atom stereocenters. The maximum Gasteiger partial charge on any atom is 0.132 e. The van der Waals surface area contributed by atoms with Gasteiger partial charge in [-0.25, -0.2) is 0 Å². The van der Waals surface area contributed by atoms with Crippen LogP contribution >= 0.6 is 0 Å². The van der Waals surface area contributed by atoms with Crippen molar-refractivity contribution in [3.8, 4) is 0 Å². The molecule has 1 aliphatic heterocycles. The van der Waals surface area contributed by atoms with Crippen LogP contribution in [0.25, 0.3) is 0 Å². The summed E-state index contributed by atoms with van der Waals surface area (Å²) < 4.78 is 11.2. The summed E-state index contributed by atoms with van der Waals surface area (Å²) in [6.45, 7) is 4.12. The lowest BCUT2D eigenvalue weighted by molar-refractivity contribution is -0.0245. The molecule has 0 aromatic carbocycles. The highest BCUT2D eigenvalue weighted by Gasteiger charge is 2.18. The van der Waals surface area contributed by atoms with Gasteiger partial charge in [-0.1, -0.05) is 0 Å². The third-order valence-electron chi connectivity index (χ3n) is 2.59. The molecule has 0 radical (unpaired) electrons. The van der Waals surface area contributed by atoms with E-state index >= 15 is 0 Å². The van der Waals surface area contributed by atoms with Gasteiger partial charge in [0.2, 0.25) is 0 Å². The molecule has 0 aliphatic carbocycles. The quantitative estimate of drug-likeness (QED) is 0.802. The Hall–Kier alpha value is -0.800. The minimum Gasteiger partial charge on any atom is -0.467 e. The van der Waals surface area contributed by atoms with Crippen molar-refractivity contribution in [2.45, 2.75) is 32.0 Å². The first kappa shape index (κ1) is 9.74. The maximum atomic E-state index is 5.88. The summed E-state index contributed by atoms with van der Waals surface area (Å²) in [4.78, 5) is 0. The molecule has 1 unspecified atom stereocenters. The minimum atomic E-state index is 0.0647. The van der Waals surface area contributed by atoms with E-state index in [9.17, 15) is 0 Å². The van der Waals surface area contributed by atoms with Crippen molar-refractivity contribution in [1.29, 1.82) is 0 Å². The van der Waals surface area contributed by atoms with Gasteiger partial charge in [-0.2, -0.15) is 0 Å². The number of rotatable bonds is 3. The van der Waals surface area contributed by atoms with Crippen LogP contribution in [0.15, 0.2) is 22.8 Å². The fraction of sp³-hybridized carbons (Fsp3) is 0.636. The zero-order valence-electron chi connectivity index (χ0n) is 8.53. The van der Waals surface area contributed by atoms with Gasteiger partial charge in [-0.05, 0) is 38.4 Å². The number of hydrogen-bond acceptors (Lipinski definition) is 3. The minimum absolute atomic E-state index is 0.0647. The number of furan rings is 1. The molecule has 2 rings (SSSR count). The second-order valence-electron chi connectivity index (χ2n) is 3.76. The molecule has 1 aromatic heterocycles. The summed E-state index contributed by atoms with van der Waals surface area (Å²) in [5.74, 6) is 0.913. The van der Waals surface area contributed by atoms with Crippen molar-refractivity contribution < 1.29 is 9.15 Å². The van der Waals surface area contributed by atoms with Gasteiger partial charge in [0.15, 0.2) is 0 Å². The molecule has 2 heterocycles. The molecule has 0 saturated carbocycles. The van der Waals surface area contributed by atoms with Gasteiger partial charge in [-0.3, -0.25) is 0 Å². The number of nitrogens with one attached hydrogen (secondary N) is 1. The van der Waals surface area contributed by atoms with E-state index in [-0.39, 0.29) is 6.10 Å².